The van der Waals surface area contributed by atoms with Crippen molar-refractivity contribution in [2.24, 2.45) is 0 Å². The Labute approximate surface area is 211 Å². The standard InChI is InChI=1S/C25H33ClN3O5P/c1-5-31-35(30,32-6-2)15-7-14-27-17-19-8-10-20(11-9-19)25-28-24(29-34-25)21-12-13-23(22(26)16-21)33-18(3)4/h8-13,16,18,27H,5-7,14-15,17H2,1-4H3. The lowest BCUT2D eigenvalue weighted by molar-refractivity contribution is 0.219. The number of nitrogens with zero attached hydrogens (tertiary/aromatic N) is 2. The number of aromatic nitrogens is 2. The summed E-state index contributed by atoms with van der Waals surface area (Å²) in [6.45, 7) is 9.69. The van der Waals surface area contributed by atoms with Gasteiger partial charge in [0, 0.05) is 17.7 Å². The molecule has 0 saturated carbocycles. The minimum atomic E-state index is -2.98. The Morgan fingerprint density at radius 3 is 2.37 bits per heavy atom. The molecule has 0 aliphatic heterocycles. The minimum Gasteiger partial charge on any atom is -0.489 e. The second kappa shape index (κ2) is 13.2. The van der Waals surface area contributed by atoms with E-state index in [9.17, 15) is 4.57 Å². The first kappa shape index (κ1) is 27.4. The number of nitrogens with one attached hydrogen (secondary N) is 1. The van der Waals surface area contributed by atoms with Crippen molar-refractivity contribution in [3.8, 4) is 28.6 Å². The van der Waals surface area contributed by atoms with Crippen molar-refractivity contribution in [2.75, 3.05) is 25.9 Å². The normalized spacial score (nSPS) is 11.8. The van der Waals surface area contributed by atoms with E-state index in [0.717, 1.165) is 16.7 Å². The SMILES string of the molecule is CCOP(=O)(CCCNCc1ccc(-c2nc(-c3ccc(OC(C)C)c(Cl)c3)no2)cc1)OCC. The van der Waals surface area contributed by atoms with Crippen molar-refractivity contribution in [1.29, 1.82) is 0 Å². The predicted molar refractivity (Wildman–Crippen MR) is 138 cm³/mol. The van der Waals surface area contributed by atoms with E-state index < -0.39 is 7.60 Å². The van der Waals surface area contributed by atoms with Crippen LogP contribution in [0.3, 0.4) is 0 Å². The van der Waals surface area contributed by atoms with Crippen LogP contribution in [-0.2, 0) is 20.2 Å². The van der Waals surface area contributed by atoms with Gasteiger partial charge in [-0.25, -0.2) is 0 Å². The molecule has 0 radical (unpaired) electrons. The van der Waals surface area contributed by atoms with E-state index in [-0.39, 0.29) is 6.10 Å². The molecule has 2 aromatic carbocycles. The second-order valence-corrected chi connectivity index (χ2v) is 10.7. The number of ether oxygens (including phenoxy) is 1. The molecular weight excluding hydrogens is 489 g/mol. The molecule has 3 rings (SSSR count). The average molecular weight is 522 g/mol. The summed E-state index contributed by atoms with van der Waals surface area (Å²) in [5.41, 5.74) is 2.69. The highest BCUT2D eigenvalue weighted by Gasteiger charge is 2.22. The zero-order valence-corrected chi connectivity index (χ0v) is 22.3. The fourth-order valence-corrected chi connectivity index (χ4v) is 5.29. The number of hydrogen-bond donors (Lipinski definition) is 1. The fourth-order valence-electron chi connectivity index (χ4n) is 3.40. The maximum atomic E-state index is 12.5. The number of benzene rings is 2. The van der Waals surface area contributed by atoms with Crippen molar-refractivity contribution in [3.63, 3.8) is 0 Å². The highest BCUT2D eigenvalue weighted by molar-refractivity contribution is 7.53. The third-order valence-electron chi connectivity index (χ3n) is 4.95. The lowest BCUT2D eigenvalue weighted by Gasteiger charge is -2.16. The number of rotatable bonds is 14. The summed E-state index contributed by atoms with van der Waals surface area (Å²) >= 11 is 6.33. The molecule has 0 unspecified atom stereocenters. The molecule has 190 valence electrons. The molecular formula is C25H33ClN3O5P. The lowest BCUT2D eigenvalue weighted by Crippen LogP contribution is -2.16. The van der Waals surface area contributed by atoms with Gasteiger partial charge in [-0.3, -0.25) is 4.57 Å². The van der Waals surface area contributed by atoms with Gasteiger partial charge in [-0.2, -0.15) is 4.98 Å². The molecule has 0 spiro atoms. The minimum absolute atomic E-state index is 0.0349. The highest BCUT2D eigenvalue weighted by Crippen LogP contribution is 2.48. The van der Waals surface area contributed by atoms with Gasteiger partial charge in [-0.1, -0.05) is 28.9 Å². The van der Waals surface area contributed by atoms with Crippen LogP contribution in [0.4, 0.5) is 0 Å². The van der Waals surface area contributed by atoms with Crippen LogP contribution >= 0.6 is 19.2 Å². The van der Waals surface area contributed by atoms with Crippen molar-refractivity contribution in [1.82, 2.24) is 15.5 Å². The average Bonchev–Trinajstić information content (AvgIpc) is 3.31. The Hall–Kier alpha value is -2.22. The van der Waals surface area contributed by atoms with Crippen LogP contribution in [-0.4, -0.2) is 42.2 Å². The molecule has 10 heteroatoms. The topological polar surface area (TPSA) is 95.7 Å². The van der Waals surface area contributed by atoms with Crippen molar-refractivity contribution in [2.45, 2.75) is 46.8 Å². The molecule has 1 N–H and O–H groups in total. The first-order chi connectivity index (χ1) is 16.8. The van der Waals surface area contributed by atoms with E-state index in [0.29, 0.717) is 61.4 Å². The van der Waals surface area contributed by atoms with E-state index in [1.165, 1.54) is 0 Å². The van der Waals surface area contributed by atoms with Gasteiger partial charge in [0.25, 0.3) is 5.89 Å². The first-order valence-corrected chi connectivity index (χ1v) is 13.9. The molecule has 0 aliphatic carbocycles. The van der Waals surface area contributed by atoms with E-state index in [1.54, 1.807) is 6.07 Å². The third-order valence-corrected chi connectivity index (χ3v) is 7.41. The van der Waals surface area contributed by atoms with Crippen LogP contribution in [0.15, 0.2) is 47.0 Å². The Bertz CT molecular complexity index is 1110. The van der Waals surface area contributed by atoms with E-state index in [1.807, 2.05) is 64.1 Å². The summed E-state index contributed by atoms with van der Waals surface area (Å²) in [6, 6.07) is 13.3. The summed E-state index contributed by atoms with van der Waals surface area (Å²) in [4.78, 5) is 4.51. The van der Waals surface area contributed by atoms with E-state index >= 15 is 0 Å². The molecule has 0 bridgehead atoms. The molecule has 35 heavy (non-hydrogen) atoms. The smallest absolute Gasteiger partial charge is 0.330 e. The molecule has 1 aromatic heterocycles. The Balaban J connectivity index is 1.52. The van der Waals surface area contributed by atoms with Gasteiger partial charge in [0.1, 0.15) is 5.75 Å². The maximum Gasteiger partial charge on any atom is 0.330 e. The van der Waals surface area contributed by atoms with Gasteiger partial charge in [0.05, 0.1) is 30.5 Å². The Kier molecular flexibility index (Phi) is 10.3. The van der Waals surface area contributed by atoms with Gasteiger partial charge < -0.3 is 23.6 Å². The zero-order valence-electron chi connectivity index (χ0n) is 20.6. The molecule has 0 saturated heterocycles. The molecule has 1 heterocycles. The van der Waals surface area contributed by atoms with Crippen LogP contribution in [0.1, 0.15) is 39.7 Å². The number of halogens is 1. The van der Waals surface area contributed by atoms with Crippen LogP contribution in [0.2, 0.25) is 5.02 Å². The fraction of sp³-hybridized carbons (Fsp3) is 0.440. The predicted octanol–water partition coefficient (Wildman–Crippen LogP) is 6.59. The second-order valence-electron chi connectivity index (χ2n) is 8.13. The van der Waals surface area contributed by atoms with Crippen molar-refractivity contribution in [3.05, 3.63) is 53.1 Å². The quantitative estimate of drug-likeness (QED) is 0.187. The van der Waals surface area contributed by atoms with Crippen LogP contribution in [0.5, 0.6) is 5.75 Å². The molecule has 8 nitrogen and oxygen atoms in total. The zero-order chi connectivity index (χ0) is 25.3. The van der Waals surface area contributed by atoms with Crippen LogP contribution in [0, 0.1) is 0 Å². The Morgan fingerprint density at radius 2 is 1.74 bits per heavy atom. The lowest BCUT2D eigenvalue weighted by atomic mass is 10.1. The van der Waals surface area contributed by atoms with Gasteiger partial charge >= 0.3 is 7.60 Å². The van der Waals surface area contributed by atoms with E-state index in [2.05, 4.69) is 15.5 Å². The Morgan fingerprint density at radius 1 is 1.06 bits per heavy atom. The van der Waals surface area contributed by atoms with Crippen LogP contribution < -0.4 is 10.1 Å². The van der Waals surface area contributed by atoms with Gasteiger partial charge in [0.2, 0.25) is 5.82 Å². The maximum absolute atomic E-state index is 12.5. The summed E-state index contributed by atoms with van der Waals surface area (Å²) in [5, 5.41) is 7.95. The largest absolute Gasteiger partial charge is 0.489 e. The van der Waals surface area contributed by atoms with E-state index in [4.69, 9.17) is 29.9 Å². The summed E-state index contributed by atoms with van der Waals surface area (Å²) in [7, 11) is -2.98. The molecule has 0 amide bonds. The van der Waals surface area contributed by atoms with Gasteiger partial charge in [-0.05, 0) is 76.6 Å². The number of hydrogen-bond acceptors (Lipinski definition) is 8. The van der Waals surface area contributed by atoms with Gasteiger partial charge in [-0.15, -0.1) is 0 Å². The first-order valence-electron chi connectivity index (χ1n) is 11.8. The summed E-state index contributed by atoms with van der Waals surface area (Å²) < 4.78 is 34.2. The monoisotopic (exact) mass is 521 g/mol. The third kappa shape index (κ3) is 8.16. The summed E-state index contributed by atoms with van der Waals surface area (Å²) in [6.07, 6.45) is 1.14. The molecule has 0 aliphatic rings. The van der Waals surface area contributed by atoms with Crippen molar-refractivity contribution < 1.29 is 22.9 Å². The summed E-state index contributed by atoms with van der Waals surface area (Å²) in [5.74, 6) is 1.51. The van der Waals surface area contributed by atoms with Crippen LogP contribution in [0.25, 0.3) is 22.8 Å². The molecule has 0 fully saturated rings. The molecule has 0 atom stereocenters. The van der Waals surface area contributed by atoms with Gasteiger partial charge in [0.15, 0.2) is 0 Å². The molecule has 3 aromatic rings. The highest BCUT2D eigenvalue weighted by atomic mass is 35.5. The van der Waals surface area contributed by atoms with Crippen molar-refractivity contribution >= 4 is 19.2 Å².